The molecule has 0 aliphatic carbocycles. The van der Waals surface area contributed by atoms with Crippen molar-refractivity contribution in [2.75, 3.05) is 6.26 Å². The molecule has 0 fully saturated rings. The van der Waals surface area contributed by atoms with Crippen LogP contribution in [0.3, 0.4) is 0 Å². The minimum Gasteiger partial charge on any atom is -0.293 e. The van der Waals surface area contributed by atoms with Crippen molar-refractivity contribution in [3.8, 4) is 0 Å². The Balaban J connectivity index is 0.00000137. The van der Waals surface area contributed by atoms with E-state index < -0.39 is 14.2 Å². The summed E-state index contributed by atoms with van der Waals surface area (Å²) in [6.45, 7) is 7.50. The fraction of sp³-hybridized carbons (Fsp3) is 0.462. The summed E-state index contributed by atoms with van der Waals surface area (Å²) in [5, 5.41) is 0. The molecule has 3 nitrogen and oxygen atoms in total. The van der Waals surface area contributed by atoms with Gasteiger partial charge in [0.1, 0.15) is 0 Å². The summed E-state index contributed by atoms with van der Waals surface area (Å²) in [7, 11) is -3.20. The average molecular weight is 335 g/mol. The van der Waals surface area contributed by atoms with E-state index >= 15 is 0 Å². The van der Waals surface area contributed by atoms with E-state index in [-0.39, 0.29) is 10.7 Å². The predicted octanol–water partition coefficient (Wildman–Crippen LogP) is 3.47. The molecule has 5 heteroatoms. The monoisotopic (exact) mass is 334 g/mol. The largest absolute Gasteiger partial charge is 0.293 e. The highest BCUT2D eigenvalue weighted by atomic mass is 79.9. The van der Waals surface area contributed by atoms with Crippen LogP contribution in [0.5, 0.6) is 0 Å². The summed E-state index contributed by atoms with van der Waals surface area (Å²) in [5.41, 5.74) is 0.495. The third kappa shape index (κ3) is 4.90. The van der Waals surface area contributed by atoms with Crippen LogP contribution in [0.2, 0.25) is 0 Å². The molecular weight excluding hydrogens is 316 g/mol. The van der Waals surface area contributed by atoms with Crippen molar-refractivity contribution >= 4 is 31.6 Å². The Morgan fingerprint density at radius 1 is 1.11 bits per heavy atom. The van der Waals surface area contributed by atoms with Gasteiger partial charge in [-0.2, -0.15) is 0 Å². The molecule has 0 amide bonds. The zero-order valence-corrected chi connectivity index (χ0v) is 13.7. The molecule has 0 spiro atoms. The van der Waals surface area contributed by atoms with E-state index in [1.807, 2.05) is 13.8 Å². The van der Waals surface area contributed by atoms with Crippen LogP contribution in [0.25, 0.3) is 0 Å². The lowest BCUT2D eigenvalue weighted by Crippen LogP contribution is -2.23. The highest BCUT2D eigenvalue weighted by molar-refractivity contribution is 9.10. The van der Waals surface area contributed by atoms with Gasteiger partial charge in [-0.15, -0.1) is 0 Å². The molecule has 0 saturated heterocycles. The maximum absolute atomic E-state index is 11.8. The number of carbonyl (C=O) groups is 1. The number of ketones is 1. The lowest BCUT2D eigenvalue weighted by atomic mass is 10.0. The van der Waals surface area contributed by atoms with Gasteiger partial charge in [-0.3, -0.25) is 4.79 Å². The number of halogens is 1. The van der Waals surface area contributed by atoms with E-state index in [0.29, 0.717) is 5.56 Å². The molecule has 0 N–H and O–H groups in total. The second kappa shape index (κ2) is 6.48. The molecule has 0 unspecified atom stereocenters. The Kier molecular flexibility index (Phi) is 6.23. The number of carbonyl (C=O) groups excluding carboxylic acids is 1. The van der Waals surface area contributed by atoms with E-state index in [0.717, 1.165) is 6.26 Å². The van der Waals surface area contributed by atoms with E-state index in [1.165, 1.54) is 24.3 Å². The van der Waals surface area contributed by atoms with Crippen LogP contribution in [-0.4, -0.2) is 24.8 Å². The van der Waals surface area contributed by atoms with E-state index in [1.54, 1.807) is 13.8 Å². The molecule has 0 heterocycles. The van der Waals surface area contributed by atoms with Crippen molar-refractivity contribution < 1.29 is 13.2 Å². The van der Waals surface area contributed by atoms with Crippen molar-refractivity contribution in [1.29, 1.82) is 0 Å². The first kappa shape index (κ1) is 17.3. The molecular formula is C13H19BrO3S. The molecule has 102 valence electrons. The second-order valence-electron chi connectivity index (χ2n) is 4.10. The normalized spacial score (nSPS) is 11.4. The number of rotatable bonds is 3. The van der Waals surface area contributed by atoms with Crippen molar-refractivity contribution in [3.05, 3.63) is 29.8 Å². The number of Topliss-reactive ketones (excluding diaryl/α,β-unsaturated/α-hetero) is 1. The SMILES string of the molecule is CC.CC(C)(Br)C(=O)c1ccc(S(C)(=O)=O)cc1. The number of alkyl halides is 1. The first-order chi connectivity index (χ1) is 8.12. The molecule has 0 saturated carbocycles. The summed E-state index contributed by atoms with van der Waals surface area (Å²) >= 11 is 3.27. The van der Waals surface area contributed by atoms with Crippen molar-refractivity contribution in [3.63, 3.8) is 0 Å². The second-order valence-corrected chi connectivity index (χ2v) is 8.10. The summed E-state index contributed by atoms with van der Waals surface area (Å²) < 4.78 is 21.8. The van der Waals surface area contributed by atoms with Gasteiger partial charge >= 0.3 is 0 Å². The first-order valence-electron chi connectivity index (χ1n) is 5.66. The fourth-order valence-corrected chi connectivity index (χ4v) is 2.06. The van der Waals surface area contributed by atoms with E-state index in [4.69, 9.17) is 0 Å². The van der Waals surface area contributed by atoms with Crippen molar-refractivity contribution in [2.24, 2.45) is 0 Å². The van der Waals surface area contributed by atoms with Crippen LogP contribution in [0.4, 0.5) is 0 Å². The molecule has 0 aliphatic heterocycles. The van der Waals surface area contributed by atoms with Crippen LogP contribution in [0.1, 0.15) is 38.1 Å². The number of hydrogen-bond acceptors (Lipinski definition) is 3. The molecule has 0 aliphatic rings. The highest BCUT2D eigenvalue weighted by Gasteiger charge is 2.25. The average Bonchev–Trinajstić information content (AvgIpc) is 2.28. The van der Waals surface area contributed by atoms with Crippen LogP contribution >= 0.6 is 15.9 Å². The third-order valence-electron chi connectivity index (χ3n) is 2.08. The van der Waals surface area contributed by atoms with Gasteiger partial charge in [0, 0.05) is 11.8 Å². The summed E-state index contributed by atoms with van der Waals surface area (Å²) in [4.78, 5) is 12.0. The topological polar surface area (TPSA) is 51.2 Å². The maximum Gasteiger partial charge on any atom is 0.178 e. The van der Waals surface area contributed by atoms with Gasteiger partial charge in [0.15, 0.2) is 15.6 Å². The number of sulfone groups is 1. The van der Waals surface area contributed by atoms with Gasteiger partial charge in [0.25, 0.3) is 0 Å². The van der Waals surface area contributed by atoms with Gasteiger partial charge in [-0.05, 0) is 26.0 Å². The third-order valence-corrected chi connectivity index (χ3v) is 3.57. The van der Waals surface area contributed by atoms with Crippen molar-refractivity contribution in [2.45, 2.75) is 36.9 Å². The Morgan fingerprint density at radius 3 is 1.78 bits per heavy atom. The van der Waals surface area contributed by atoms with Crippen LogP contribution in [0, 0.1) is 0 Å². The highest BCUT2D eigenvalue weighted by Crippen LogP contribution is 2.22. The maximum atomic E-state index is 11.8. The standard InChI is InChI=1S/C11H13BrO3S.C2H6/c1-11(2,12)10(13)8-4-6-9(7-5-8)16(3,14)15;1-2/h4-7H,1-3H3;1-2H3. The number of benzene rings is 1. The molecule has 0 bridgehead atoms. The Hall–Kier alpha value is -0.680. The molecule has 0 aromatic heterocycles. The molecule has 0 radical (unpaired) electrons. The van der Waals surface area contributed by atoms with Gasteiger partial charge < -0.3 is 0 Å². The van der Waals surface area contributed by atoms with Crippen LogP contribution in [-0.2, 0) is 9.84 Å². The number of hydrogen-bond donors (Lipinski definition) is 0. The minimum absolute atomic E-state index is 0.0763. The van der Waals surface area contributed by atoms with Gasteiger partial charge in [-0.1, -0.05) is 41.9 Å². The molecule has 1 aromatic rings. The first-order valence-corrected chi connectivity index (χ1v) is 8.34. The quantitative estimate of drug-likeness (QED) is 0.628. The summed E-state index contributed by atoms with van der Waals surface area (Å²) in [6.07, 6.45) is 1.14. The molecule has 0 atom stereocenters. The van der Waals surface area contributed by atoms with Gasteiger partial charge in [-0.25, -0.2) is 8.42 Å². The lowest BCUT2D eigenvalue weighted by molar-refractivity contribution is 0.0961. The predicted molar refractivity (Wildman–Crippen MR) is 78.2 cm³/mol. The van der Waals surface area contributed by atoms with Crippen LogP contribution in [0.15, 0.2) is 29.2 Å². The van der Waals surface area contributed by atoms with Gasteiger partial charge in [0.2, 0.25) is 0 Å². The summed E-state index contributed by atoms with van der Waals surface area (Å²) in [6, 6.07) is 5.95. The Morgan fingerprint density at radius 2 is 1.50 bits per heavy atom. The zero-order valence-electron chi connectivity index (χ0n) is 11.3. The smallest absolute Gasteiger partial charge is 0.178 e. The Bertz CT molecular complexity index is 496. The Labute approximate surface area is 118 Å². The lowest BCUT2D eigenvalue weighted by Gasteiger charge is -2.14. The summed E-state index contributed by atoms with van der Waals surface area (Å²) in [5.74, 6) is -0.0763. The molecule has 18 heavy (non-hydrogen) atoms. The van der Waals surface area contributed by atoms with E-state index in [9.17, 15) is 13.2 Å². The van der Waals surface area contributed by atoms with Crippen LogP contribution < -0.4 is 0 Å². The molecule has 1 rings (SSSR count). The molecule has 1 aromatic carbocycles. The van der Waals surface area contributed by atoms with Crippen molar-refractivity contribution in [1.82, 2.24) is 0 Å². The zero-order chi connectivity index (χ0) is 14.6. The van der Waals surface area contributed by atoms with Gasteiger partial charge in [0.05, 0.1) is 9.22 Å². The minimum atomic E-state index is -3.20. The van der Waals surface area contributed by atoms with E-state index in [2.05, 4.69) is 15.9 Å². The fourth-order valence-electron chi connectivity index (χ4n) is 1.20.